The molecule has 21 heavy (non-hydrogen) atoms. The summed E-state index contributed by atoms with van der Waals surface area (Å²) in [5.74, 6) is -1.15. The van der Waals surface area contributed by atoms with E-state index in [1.165, 1.54) is 23.5 Å². The van der Waals surface area contributed by atoms with Gasteiger partial charge in [0, 0.05) is 17.8 Å². The van der Waals surface area contributed by atoms with Gasteiger partial charge >= 0.3 is 0 Å². The van der Waals surface area contributed by atoms with Crippen molar-refractivity contribution < 1.29 is 9.18 Å². The molecule has 0 unspecified atom stereocenters. The molecule has 1 amide bonds. The van der Waals surface area contributed by atoms with Gasteiger partial charge in [-0.1, -0.05) is 17.7 Å². The van der Waals surface area contributed by atoms with E-state index >= 15 is 0 Å². The Morgan fingerprint density at radius 1 is 1.38 bits per heavy atom. The number of anilines is 2. The molecule has 0 aliphatic heterocycles. The number of nitrogens with zero attached hydrogens (tertiary/aromatic N) is 1. The van der Waals surface area contributed by atoms with Crippen LogP contribution in [-0.4, -0.2) is 10.9 Å². The molecule has 0 fully saturated rings. The Balaban J connectivity index is 1.97. The summed E-state index contributed by atoms with van der Waals surface area (Å²) in [6.07, 6.45) is 3.23. The number of nitrogens with one attached hydrogen (secondary N) is 1. The van der Waals surface area contributed by atoms with Crippen molar-refractivity contribution >= 4 is 50.3 Å². The topological polar surface area (TPSA) is 68.0 Å². The number of benzene rings is 1. The number of amides is 1. The molecule has 106 valence electrons. The number of rotatable bonds is 2. The third-order valence-corrected chi connectivity index (χ3v) is 4.38. The van der Waals surface area contributed by atoms with Crippen LogP contribution in [0, 0.1) is 5.82 Å². The quantitative estimate of drug-likeness (QED) is 0.751. The largest absolute Gasteiger partial charge is 0.397 e. The molecule has 0 spiro atoms. The SMILES string of the molecule is Nc1c(C(=O)Nc2cccc(Cl)c2F)sc2cnccc12. The number of pyridine rings is 1. The van der Waals surface area contributed by atoms with Crippen LogP contribution in [0.1, 0.15) is 9.67 Å². The molecule has 7 heteroatoms. The normalized spacial score (nSPS) is 10.8. The number of hydrogen-bond acceptors (Lipinski definition) is 4. The molecule has 0 aliphatic rings. The third kappa shape index (κ3) is 2.43. The van der Waals surface area contributed by atoms with Gasteiger partial charge in [0.2, 0.25) is 0 Å². The highest BCUT2D eigenvalue weighted by atomic mass is 35.5. The lowest BCUT2D eigenvalue weighted by Crippen LogP contribution is -2.13. The van der Waals surface area contributed by atoms with Crippen molar-refractivity contribution in [3.8, 4) is 0 Å². The van der Waals surface area contributed by atoms with E-state index in [-0.39, 0.29) is 10.7 Å². The van der Waals surface area contributed by atoms with Crippen LogP contribution in [0.25, 0.3) is 10.1 Å². The van der Waals surface area contributed by atoms with Gasteiger partial charge in [-0.3, -0.25) is 9.78 Å². The van der Waals surface area contributed by atoms with Crippen LogP contribution in [0.5, 0.6) is 0 Å². The minimum atomic E-state index is -0.672. The average Bonchev–Trinajstić information content (AvgIpc) is 2.82. The van der Waals surface area contributed by atoms with E-state index in [4.69, 9.17) is 17.3 Å². The van der Waals surface area contributed by atoms with E-state index in [9.17, 15) is 9.18 Å². The van der Waals surface area contributed by atoms with Crippen molar-refractivity contribution in [2.75, 3.05) is 11.1 Å². The summed E-state index contributed by atoms with van der Waals surface area (Å²) in [5, 5.41) is 3.18. The van der Waals surface area contributed by atoms with E-state index in [0.717, 1.165) is 10.1 Å². The number of carbonyl (C=O) groups is 1. The van der Waals surface area contributed by atoms with Gasteiger partial charge in [0.1, 0.15) is 4.88 Å². The summed E-state index contributed by atoms with van der Waals surface area (Å²) >= 11 is 6.89. The lowest BCUT2D eigenvalue weighted by atomic mass is 10.2. The number of halogens is 2. The Morgan fingerprint density at radius 2 is 2.19 bits per heavy atom. The lowest BCUT2D eigenvalue weighted by Gasteiger charge is -2.06. The van der Waals surface area contributed by atoms with Gasteiger partial charge in [-0.2, -0.15) is 0 Å². The first kappa shape index (κ1) is 13.8. The number of fused-ring (bicyclic) bond motifs is 1. The fourth-order valence-electron chi connectivity index (χ4n) is 1.92. The van der Waals surface area contributed by atoms with E-state index in [2.05, 4.69) is 10.3 Å². The average molecular weight is 322 g/mol. The first-order chi connectivity index (χ1) is 10.1. The van der Waals surface area contributed by atoms with Crippen LogP contribution in [-0.2, 0) is 0 Å². The van der Waals surface area contributed by atoms with Crippen molar-refractivity contribution in [2.24, 2.45) is 0 Å². The molecule has 1 aromatic carbocycles. The molecule has 3 N–H and O–H groups in total. The summed E-state index contributed by atoms with van der Waals surface area (Å²) < 4.78 is 14.6. The van der Waals surface area contributed by atoms with Gasteiger partial charge in [0.15, 0.2) is 5.82 Å². The lowest BCUT2D eigenvalue weighted by molar-refractivity contribution is 0.103. The Hall–Kier alpha value is -2.18. The van der Waals surface area contributed by atoms with E-state index in [1.54, 1.807) is 24.5 Å². The number of aromatic nitrogens is 1. The summed E-state index contributed by atoms with van der Waals surface area (Å²) in [7, 11) is 0. The molecular weight excluding hydrogens is 313 g/mol. The van der Waals surface area contributed by atoms with Crippen molar-refractivity contribution in [2.45, 2.75) is 0 Å². The molecule has 0 saturated heterocycles. The zero-order valence-corrected chi connectivity index (χ0v) is 12.1. The second kappa shape index (κ2) is 5.31. The number of nitrogens with two attached hydrogens (primary N) is 1. The summed E-state index contributed by atoms with van der Waals surface area (Å²) in [4.78, 5) is 16.6. The first-order valence-corrected chi connectivity index (χ1v) is 7.14. The molecule has 4 nitrogen and oxygen atoms in total. The molecule has 2 aromatic heterocycles. The summed E-state index contributed by atoms with van der Waals surface area (Å²) in [6.45, 7) is 0. The fraction of sp³-hybridized carbons (Fsp3) is 0. The highest BCUT2D eigenvalue weighted by Gasteiger charge is 2.18. The molecule has 2 heterocycles. The second-order valence-electron chi connectivity index (χ2n) is 4.27. The maximum Gasteiger partial charge on any atom is 0.267 e. The number of nitrogen functional groups attached to an aromatic ring is 1. The van der Waals surface area contributed by atoms with Crippen molar-refractivity contribution in [3.63, 3.8) is 0 Å². The molecule has 3 rings (SSSR count). The van der Waals surface area contributed by atoms with Gasteiger partial charge < -0.3 is 11.1 Å². The predicted molar refractivity (Wildman–Crippen MR) is 83.4 cm³/mol. The third-order valence-electron chi connectivity index (χ3n) is 2.94. The van der Waals surface area contributed by atoms with Crippen molar-refractivity contribution in [3.05, 3.63) is 52.4 Å². The highest BCUT2D eigenvalue weighted by Crippen LogP contribution is 2.33. The molecular formula is C14H9ClFN3OS. The zero-order chi connectivity index (χ0) is 15.0. The van der Waals surface area contributed by atoms with E-state index in [1.807, 2.05) is 0 Å². The van der Waals surface area contributed by atoms with Gasteiger partial charge in [-0.25, -0.2) is 4.39 Å². The van der Waals surface area contributed by atoms with Crippen LogP contribution >= 0.6 is 22.9 Å². The highest BCUT2D eigenvalue weighted by molar-refractivity contribution is 7.21. The predicted octanol–water partition coefficient (Wildman–Crippen LogP) is 3.92. The van der Waals surface area contributed by atoms with Crippen LogP contribution in [0.4, 0.5) is 15.8 Å². The number of thiophene rings is 1. The molecule has 0 radical (unpaired) electrons. The van der Waals surface area contributed by atoms with Gasteiger partial charge in [-0.05, 0) is 18.2 Å². The summed E-state index contributed by atoms with van der Waals surface area (Å²) in [5.41, 5.74) is 6.34. The van der Waals surface area contributed by atoms with Gasteiger partial charge in [0.25, 0.3) is 5.91 Å². The number of hydrogen-bond donors (Lipinski definition) is 2. The Kier molecular flexibility index (Phi) is 3.48. The molecule has 0 atom stereocenters. The Labute approximate surface area is 128 Å². The minimum Gasteiger partial charge on any atom is -0.397 e. The maximum absolute atomic E-state index is 13.8. The van der Waals surface area contributed by atoms with Gasteiger partial charge in [-0.15, -0.1) is 11.3 Å². The maximum atomic E-state index is 13.8. The zero-order valence-electron chi connectivity index (χ0n) is 10.6. The van der Waals surface area contributed by atoms with E-state index in [0.29, 0.717) is 10.6 Å². The molecule has 0 saturated carbocycles. The Morgan fingerprint density at radius 3 is 2.95 bits per heavy atom. The van der Waals surface area contributed by atoms with Crippen molar-refractivity contribution in [1.29, 1.82) is 0 Å². The second-order valence-corrected chi connectivity index (χ2v) is 5.73. The van der Waals surface area contributed by atoms with Crippen LogP contribution < -0.4 is 11.1 Å². The van der Waals surface area contributed by atoms with Gasteiger partial charge in [0.05, 0.1) is 21.1 Å². The molecule has 3 aromatic rings. The molecule has 0 bridgehead atoms. The summed E-state index contributed by atoms with van der Waals surface area (Å²) in [6, 6.07) is 6.13. The van der Waals surface area contributed by atoms with Crippen LogP contribution in [0.2, 0.25) is 5.02 Å². The number of carbonyl (C=O) groups excluding carboxylic acids is 1. The van der Waals surface area contributed by atoms with E-state index < -0.39 is 11.7 Å². The molecule has 0 aliphatic carbocycles. The monoisotopic (exact) mass is 321 g/mol. The first-order valence-electron chi connectivity index (χ1n) is 5.95. The van der Waals surface area contributed by atoms with Crippen molar-refractivity contribution in [1.82, 2.24) is 4.98 Å². The Bertz CT molecular complexity index is 849. The van der Waals surface area contributed by atoms with Crippen LogP contribution in [0.15, 0.2) is 36.7 Å². The smallest absolute Gasteiger partial charge is 0.267 e. The standard InChI is InChI=1S/C14H9ClFN3OS/c15-8-2-1-3-9(11(8)16)19-14(20)13-12(17)7-4-5-18-6-10(7)21-13/h1-6H,17H2,(H,19,20). The minimum absolute atomic E-state index is 0.0162. The van der Waals surface area contributed by atoms with Crippen LogP contribution in [0.3, 0.4) is 0 Å². The fourth-order valence-corrected chi connectivity index (χ4v) is 3.08.